The van der Waals surface area contributed by atoms with Crippen LogP contribution in [0.3, 0.4) is 0 Å². The summed E-state index contributed by atoms with van der Waals surface area (Å²) < 4.78 is 28.9. The van der Waals surface area contributed by atoms with Crippen molar-refractivity contribution in [3.8, 4) is 11.1 Å². The number of anilines is 3. The van der Waals surface area contributed by atoms with Gasteiger partial charge in [0.05, 0.1) is 34.6 Å². The number of amides is 4. The average molecular weight is 1710 g/mol. The zero-order chi connectivity index (χ0) is 92.5. The van der Waals surface area contributed by atoms with Gasteiger partial charge < -0.3 is 90.2 Å². The molecule has 668 valence electrons. The Morgan fingerprint density at radius 3 is 1.20 bits per heavy atom. The number of pyridine rings is 1. The lowest BCUT2D eigenvalue weighted by Gasteiger charge is -2.34. The van der Waals surface area contributed by atoms with Crippen LogP contribution in [0.1, 0.15) is 152 Å². The molecule has 8 rings (SSSR count). The van der Waals surface area contributed by atoms with Crippen molar-refractivity contribution in [2.75, 3.05) is 68.0 Å². The summed E-state index contributed by atoms with van der Waals surface area (Å²) in [6.07, 6.45) is 3.17. The van der Waals surface area contributed by atoms with Gasteiger partial charge in [-0.2, -0.15) is 5.10 Å². The van der Waals surface area contributed by atoms with E-state index in [1.165, 1.54) is 23.8 Å². The normalized spacial score (nSPS) is 14.1. The van der Waals surface area contributed by atoms with Crippen molar-refractivity contribution in [3.63, 3.8) is 0 Å². The Morgan fingerprint density at radius 2 is 0.852 bits per heavy atom. The molecule has 0 bridgehead atoms. The number of carboxylic acid groups (broad SMARTS) is 9. The van der Waals surface area contributed by atoms with E-state index >= 15 is 0 Å². The summed E-state index contributed by atoms with van der Waals surface area (Å²) in [6.45, 7) is 29.9. The van der Waals surface area contributed by atoms with Gasteiger partial charge in [-0.25, -0.2) is 47.9 Å². The summed E-state index contributed by atoms with van der Waals surface area (Å²) in [5.74, 6) is -13.1. The van der Waals surface area contributed by atoms with E-state index in [0.717, 1.165) is 35.5 Å². The second-order valence-corrected chi connectivity index (χ2v) is 34.0. The van der Waals surface area contributed by atoms with Crippen molar-refractivity contribution < 1.29 is 127 Å². The Morgan fingerprint density at radius 1 is 0.484 bits per heavy atom. The molecular weight excluding hydrogens is 1590 g/mol. The molecule has 2 aliphatic heterocycles. The molecule has 6 aromatic rings. The number of H-pyrrole nitrogens is 1. The highest BCUT2D eigenvalue weighted by Gasteiger charge is 2.54. The molecule has 4 aromatic carbocycles. The van der Waals surface area contributed by atoms with E-state index in [2.05, 4.69) is 26.1 Å². The smallest absolute Gasteiger partial charge is 0.348 e. The topological polar surface area (TPSA) is 530 Å². The maximum Gasteiger partial charge on any atom is 0.348 e. The van der Waals surface area contributed by atoms with Crippen molar-refractivity contribution in [3.05, 3.63) is 166 Å². The Labute approximate surface area is 707 Å². The number of aromatic amines is 1. The van der Waals surface area contributed by atoms with Crippen LogP contribution in [0.5, 0.6) is 0 Å². The molecule has 2 fully saturated rings. The van der Waals surface area contributed by atoms with E-state index in [1.54, 1.807) is 203 Å². The van der Waals surface area contributed by atoms with E-state index in [1.807, 2.05) is 45.0 Å². The Hall–Kier alpha value is -12.0. The van der Waals surface area contributed by atoms with Gasteiger partial charge in [0.25, 0.3) is 22.4 Å². The zero-order valence-electron chi connectivity index (χ0n) is 72.2. The number of likely N-dealkylation sites (N-methyl/N-ethyl adjacent to an activating group) is 1. The number of carbonyl (C=O) groups excluding carboxylic acids is 3. The number of carbonyl (C=O) groups is 12. The molecule has 13 N–H and O–H groups in total. The second-order valence-electron chi connectivity index (χ2n) is 34.0. The first-order valence-corrected chi connectivity index (χ1v) is 38.9. The van der Waals surface area contributed by atoms with Gasteiger partial charge in [-0.3, -0.25) is 34.2 Å². The van der Waals surface area contributed by atoms with Gasteiger partial charge in [-0.15, -0.1) is 0 Å². The van der Waals surface area contributed by atoms with Crippen molar-refractivity contribution in [2.45, 2.75) is 212 Å². The maximum absolute atomic E-state index is 12.2. The lowest BCUT2D eigenvalue weighted by molar-refractivity contribution is -0.200. The third-order valence-electron chi connectivity index (χ3n) is 17.7. The quantitative estimate of drug-likeness (QED) is 0.0171. The van der Waals surface area contributed by atoms with Crippen molar-refractivity contribution in [2.24, 2.45) is 7.05 Å². The molecular formula is C86H117N9O27. The number of urea groups is 2. The van der Waals surface area contributed by atoms with Crippen LogP contribution in [0.15, 0.2) is 132 Å². The number of nitrogens with one attached hydrogen (secondary N) is 4. The number of carboxylic acids is 9. The molecule has 36 heteroatoms. The Bertz CT molecular complexity index is 4570. The third-order valence-corrected chi connectivity index (χ3v) is 17.7. The summed E-state index contributed by atoms with van der Waals surface area (Å²) in [4.78, 5) is 157. The monoisotopic (exact) mass is 1710 g/mol. The van der Waals surface area contributed by atoms with E-state index in [9.17, 15) is 103 Å². The molecule has 4 heterocycles. The number of rotatable bonds is 33. The lowest BCUT2D eigenvalue weighted by atomic mass is 9.89. The molecule has 0 radical (unpaired) electrons. The van der Waals surface area contributed by atoms with Crippen LogP contribution in [0.25, 0.3) is 11.1 Å². The van der Waals surface area contributed by atoms with E-state index in [-0.39, 0.29) is 49.8 Å². The molecule has 2 unspecified atom stereocenters. The minimum absolute atomic E-state index is 0.0547. The molecule has 2 aliphatic rings. The molecule has 2 aromatic heterocycles. The number of aliphatic carboxylic acids is 9. The SMILES string of the molecule is CC(=O)C(Cc1ccc(N2CCCNC2=O)cc1)(OC(C)(C)C)C(=O)O.CC(C)(C)OC(Cc1ccc(N2CCCNC2=O)cc1)C(=O)O.CC(C)(C)OC(Cc1ccn[nH]1)(C(=O)O)C(=O)O.CN(CCNc1ccc(CC(OC(C)(C)C)(C(=O)O)C(=O)O)cc1)CC(=O)O.Cn1cccc(-c2ccc(CC(OC(C)(C)C)(C(=O)O)C(=O)O)cc2)c1=O. The van der Waals surface area contributed by atoms with Crippen LogP contribution in [0.4, 0.5) is 26.7 Å². The van der Waals surface area contributed by atoms with Crippen LogP contribution in [0.2, 0.25) is 0 Å². The van der Waals surface area contributed by atoms with Crippen LogP contribution < -0.4 is 31.3 Å². The summed E-state index contributed by atoms with van der Waals surface area (Å²) in [5, 5.41) is 99.3. The number of hydrogen-bond donors (Lipinski definition) is 13. The molecule has 4 amide bonds. The number of benzene rings is 4. The minimum atomic E-state index is -2.40. The molecule has 36 nitrogen and oxygen atoms in total. The Kier molecular flexibility index (Phi) is 36.5. The predicted molar refractivity (Wildman–Crippen MR) is 449 cm³/mol. The number of hydrogen-bond acceptors (Lipinski definition) is 21. The molecule has 0 aliphatic carbocycles. The predicted octanol–water partition coefficient (Wildman–Crippen LogP) is 9.17. The van der Waals surface area contributed by atoms with Crippen molar-refractivity contribution in [1.29, 1.82) is 0 Å². The number of aromatic nitrogens is 3. The van der Waals surface area contributed by atoms with Gasteiger partial charge >= 0.3 is 65.8 Å². The Balaban J connectivity index is 0.000000322. The van der Waals surface area contributed by atoms with Gasteiger partial charge in [0.1, 0.15) is 0 Å². The fourth-order valence-electron chi connectivity index (χ4n) is 12.4. The highest BCUT2D eigenvalue weighted by atomic mass is 16.6. The lowest BCUT2D eigenvalue weighted by Crippen LogP contribution is -2.54. The minimum Gasteiger partial charge on any atom is -0.480 e. The molecule has 122 heavy (non-hydrogen) atoms. The van der Waals surface area contributed by atoms with Gasteiger partial charge in [-0.1, -0.05) is 60.7 Å². The average Bonchev–Trinajstić information content (AvgIpc) is 0.946. The molecule has 0 spiro atoms. The van der Waals surface area contributed by atoms with Gasteiger partial charge in [0.2, 0.25) is 5.60 Å². The van der Waals surface area contributed by atoms with Crippen molar-refractivity contribution >= 4 is 88.6 Å². The fraction of sp³-hybridized carbons (Fsp3) is 0.488. The summed E-state index contributed by atoms with van der Waals surface area (Å²) in [7, 11) is 3.35. The van der Waals surface area contributed by atoms with Crippen molar-refractivity contribution in [1.82, 2.24) is 30.3 Å². The van der Waals surface area contributed by atoms with Gasteiger partial charge in [0, 0.05) is 119 Å². The van der Waals surface area contributed by atoms with Gasteiger partial charge in [-0.05, 0) is 213 Å². The summed E-state index contributed by atoms with van der Waals surface area (Å²) in [6, 6.07) is 32.3. The summed E-state index contributed by atoms with van der Waals surface area (Å²) in [5.41, 5.74) is -7.04. The molecule has 2 atom stereocenters. The first-order chi connectivity index (χ1) is 56.3. The van der Waals surface area contributed by atoms with Crippen LogP contribution in [-0.4, -0.2) is 247 Å². The first kappa shape index (κ1) is 102. The van der Waals surface area contributed by atoms with E-state index in [0.29, 0.717) is 79.2 Å². The maximum atomic E-state index is 12.2. The highest BCUT2D eigenvalue weighted by Crippen LogP contribution is 2.33. The largest absolute Gasteiger partial charge is 0.480 e. The second kappa shape index (κ2) is 43.5. The zero-order valence-corrected chi connectivity index (χ0v) is 72.2. The number of ketones is 1. The van der Waals surface area contributed by atoms with Crippen LogP contribution in [0, 0.1) is 0 Å². The number of Topliss-reactive ketones (excluding diaryl/α,β-unsaturated/α-hetero) is 1. The molecule has 0 saturated carbocycles. The van der Waals surface area contributed by atoms with Crippen LogP contribution >= 0.6 is 0 Å². The highest BCUT2D eigenvalue weighted by molar-refractivity contribution is 6.06. The number of aryl methyl sites for hydroxylation is 1. The van der Waals surface area contributed by atoms with Crippen LogP contribution in [-0.2, 0) is 111 Å². The fourth-order valence-corrected chi connectivity index (χ4v) is 12.4. The third kappa shape index (κ3) is 31.6. The standard InChI is InChI=1S/C20H23NO6.C19H28N2O7.C19H26N2O5.C17H24N2O4.C11H16N2O5/c1-19(2,3)27-20(17(23)24,18(25)26)12-13-7-9-14(10-8-13)15-6-5-11-21(4)16(15)22;1-18(2,3)28-19(16(24)25,17(26)27)11-13-5-7-14(8-6-13)20-9-10-21(4)12-15(22)23;1-13(22)19(16(23)24,26-18(2,3)4)12-14-6-8-15(9-7-14)21-11-5-10-20-17(21)25;1-17(2,3)23-14(15(20)21)11-12-5-7-13(8-6-12)19-10-4-9-18-16(19)22;1-10(2,3)18-11(8(14)15,9(16)17)6-7-4-5-12-13-7/h5-11H,12H2,1-4H3,(H,23,24)(H,25,26);5-8,20H,9-12H2,1-4H3,(H,22,23)(H,24,25)(H,26,27);6-9H,5,10-12H2,1-4H3,(H,20,25)(H,23,24);5-8,14H,4,9-11H2,1-3H3,(H,18,22)(H,20,21);4-5H,6H2,1-3H3,(H,12,13)(H,14,15)(H,16,17). The number of ether oxygens (including phenoxy) is 5. The number of nitrogens with zero attached hydrogens (tertiary/aromatic N) is 5. The van der Waals surface area contributed by atoms with Gasteiger partial charge in [0.15, 0.2) is 11.9 Å². The van der Waals surface area contributed by atoms with E-state index < -0.39 is 116 Å². The van der Waals surface area contributed by atoms with E-state index in [4.69, 9.17) is 28.8 Å². The molecule has 2 saturated heterocycles. The first-order valence-electron chi connectivity index (χ1n) is 38.9. The summed E-state index contributed by atoms with van der Waals surface area (Å²) >= 11 is 0.